The maximum Gasteiger partial charge on any atom is 0.336 e. The van der Waals surface area contributed by atoms with Gasteiger partial charge in [-0.25, -0.2) is 18.0 Å². The van der Waals surface area contributed by atoms with Crippen LogP contribution < -0.4 is 10.6 Å². The Morgan fingerprint density at radius 1 is 0.814 bits per heavy atom. The van der Waals surface area contributed by atoms with E-state index in [-0.39, 0.29) is 34.4 Å². The van der Waals surface area contributed by atoms with E-state index in [0.29, 0.717) is 36.9 Å². The van der Waals surface area contributed by atoms with Crippen molar-refractivity contribution >= 4 is 39.5 Å². The van der Waals surface area contributed by atoms with Gasteiger partial charge in [-0.05, 0) is 73.6 Å². The lowest BCUT2D eigenvalue weighted by Gasteiger charge is -2.49. The molecule has 2 amide bonds. The third-order valence-corrected chi connectivity index (χ3v) is 10.0. The number of carboxylic acids is 2. The van der Waals surface area contributed by atoms with Crippen molar-refractivity contribution in [2.24, 2.45) is 5.92 Å². The van der Waals surface area contributed by atoms with Gasteiger partial charge >= 0.3 is 11.9 Å². The Morgan fingerprint density at radius 3 is 2.02 bits per heavy atom. The predicted octanol–water partition coefficient (Wildman–Crippen LogP) is 3.38. The van der Waals surface area contributed by atoms with E-state index >= 15 is 0 Å². The van der Waals surface area contributed by atoms with E-state index in [9.17, 15) is 37.8 Å². The average Bonchev–Trinajstić information content (AvgIpc) is 3.02. The Kier molecular flexibility index (Phi) is 8.60. The Labute approximate surface area is 248 Å². The highest BCUT2D eigenvalue weighted by molar-refractivity contribution is 7.89. The van der Waals surface area contributed by atoms with Gasteiger partial charge in [0.2, 0.25) is 15.9 Å². The van der Waals surface area contributed by atoms with Crippen LogP contribution in [-0.2, 0) is 26.0 Å². The molecule has 3 aromatic rings. The topological polar surface area (TPSA) is 170 Å². The van der Waals surface area contributed by atoms with Gasteiger partial charge in [-0.3, -0.25) is 9.59 Å². The van der Waals surface area contributed by atoms with Crippen molar-refractivity contribution in [2.45, 2.75) is 55.1 Å². The molecular weight excluding hydrogens is 574 g/mol. The number of carbonyl (C=O) groups excluding carboxylic acids is 2. The van der Waals surface area contributed by atoms with Crippen molar-refractivity contribution in [3.63, 3.8) is 0 Å². The number of anilines is 1. The smallest absolute Gasteiger partial charge is 0.336 e. The third kappa shape index (κ3) is 6.30. The molecule has 2 bridgehead atoms. The van der Waals surface area contributed by atoms with Gasteiger partial charge in [-0.15, -0.1) is 0 Å². The molecule has 0 aromatic heterocycles. The molecule has 43 heavy (non-hydrogen) atoms. The van der Waals surface area contributed by atoms with E-state index in [1.165, 1.54) is 34.6 Å². The van der Waals surface area contributed by atoms with Crippen LogP contribution >= 0.6 is 0 Å². The molecule has 3 aliphatic rings. The first-order valence-electron chi connectivity index (χ1n) is 13.9. The summed E-state index contributed by atoms with van der Waals surface area (Å²) in [5, 5.41) is 24.5. The lowest BCUT2D eigenvalue weighted by Crippen LogP contribution is -2.63. The molecule has 1 saturated carbocycles. The van der Waals surface area contributed by atoms with Gasteiger partial charge in [-0.2, -0.15) is 4.31 Å². The van der Waals surface area contributed by atoms with Crippen LogP contribution in [0.4, 0.5) is 5.69 Å². The predicted molar refractivity (Wildman–Crippen MR) is 156 cm³/mol. The molecule has 12 heteroatoms. The van der Waals surface area contributed by atoms with E-state index in [1.807, 2.05) is 0 Å². The van der Waals surface area contributed by atoms with Crippen molar-refractivity contribution < 1.29 is 37.8 Å². The van der Waals surface area contributed by atoms with Gasteiger partial charge < -0.3 is 20.8 Å². The quantitative estimate of drug-likeness (QED) is 0.273. The maximum atomic E-state index is 13.6. The highest BCUT2D eigenvalue weighted by Gasteiger charge is 2.51. The highest BCUT2D eigenvalue weighted by Crippen LogP contribution is 2.42. The number of carbonyl (C=O) groups is 4. The lowest BCUT2D eigenvalue weighted by molar-refractivity contribution is -0.143. The summed E-state index contributed by atoms with van der Waals surface area (Å²) in [6, 6.07) is 17.4. The zero-order valence-corrected chi connectivity index (χ0v) is 23.9. The van der Waals surface area contributed by atoms with E-state index < -0.39 is 45.9 Å². The first-order chi connectivity index (χ1) is 20.6. The number of hydrogen-bond donors (Lipinski definition) is 4. The number of benzene rings is 3. The van der Waals surface area contributed by atoms with Crippen molar-refractivity contribution in [2.75, 3.05) is 5.32 Å². The van der Waals surface area contributed by atoms with Crippen LogP contribution in [-0.4, -0.2) is 64.8 Å². The van der Waals surface area contributed by atoms with E-state index in [0.717, 1.165) is 0 Å². The maximum absolute atomic E-state index is 13.6. The molecule has 0 spiro atoms. The van der Waals surface area contributed by atoms with Crippen LogP contribution in [0.25, 0.3) is 0 Å². The van der Waals surface area contributed by atoms with Crippen molar-refractivity contribution in [1.29, 1.82) is 0 Å². The van der Waals surface area contributed by atoms with E-state index in [2.05, 4.69) is 10.6 Å². The molecule has 2 aliphatic heterocycles. The monoisotopic (exact) mass is 605 g/mol. The van der Waals surface area contributed by atoms with Crippen LogP contribution in [0.1, 0.15) is 52.0 Å². The number of amides is 2. The summed E-state index contributed by atoms with van der Waals surface area (Å²) in [4.78, 5) is 50.0. The van der Waals surface area contributed by atoms with Crippen LogP contribution in [0.5, 0.6) is 0 Å². The van der Waals surface area contributed by atoms with Gasteiger partial charge in [0.25, 0.3) is 5.91 Å². The second-order valence-electron chi connectivity index (χ2n) is 10.8. The lowest BCUT2D eigenvalue weighted by atomic mass is 9.76. The molecule has 3 fully saturated rings. The summed E-state index contributed by atoms with van der Waals surface area (Å²) >= 11 is 0. The molecule has 2 unspecified atom stereocenters. The van der Waals surface area contributed by atoms with Gasteiger partial charge in [0.1, 0.15) is 12.1 Å². The number of sulfonamides is 1. The van der Waals surface area contributed by atoms with Crippen LogP contribution in [0.15, 0.2) is 83.8 Å². The molecule has 224 valence electrons. The number of fused-ring (bicyclic) bond motifs is 3. The van der Waals surface area contributed by atoms with Gasteiger partial charge in [0, 0.05) is 18.2 Å². The Hall–Kier alpha value is -4.55. The number of piperidine rings is 2. The summed E-state index contributed by atoms with van der Waals surface area (Å²) in [5.74, 6) is -3.97. The zero-order chi connectivity index (χ0) is 30.7. The number of hydrogen-bond acceptors (Lipinski definition) is 6. The summed E-state index contributed by atoms with van der Waals surface area (Å²) in [6.45, 7) is 0. The van der Waals surface area contributed by atoms with Crippen molar-refractivity contribution in [3.05, 3.63) is 95.6 Å². The Morgan fingerprint density at radius 2 is 1.42 bits per heavy atom. The molecule has 6 rings (SSSR count). The first kappa shape index (κ1) is 29.9. The second kappa shape index (κ2) is 12.4. The van der Waals surface area contributed by atoms with Crippen molar-refractivity contribution in [3.8, 4) is 0 Å². The largest absolute Gasteiger partial charge is 0.480 e. The van der Waals surface area contributed by atoms with E-state index in [4.69, 9.17) is 0 Å². The molecule has 4 N–H and O–H groups in total. The minimum absolute atomic E-state index is 0.00697. The summed E-state index contributed by atoms with van der Waals surface area (Å²) < 4.78 is 28.5. The Balaban J connectivity index is 1.29. The fraction of sp³-hybridized carbons (Fsp3) is 0.290. The number of rotatable bonds is 10. The molecule has 2 atom stereocenters. The molecular formula is C31H31N3O8S. The van der Waals surface area contributed by atoms with Gasteiger partial charge in [0.05, 0.1) is 16.0 Å². The highest BCUT2D eigenvalue weighted by atomic mass is 32.2. The zero-order valence-electron chi connectivity index (χ0n) is 23.0. The standard InChI is InChI=1S/C31H31N3O8S/c35-28(24-8-4-5-9-25(24)30(37)38)32-21-14-10-19(11-15-21)18-26(31(39)40)33-29(36)27-20-12-16-22(17-13-20)34(27)43(41,42)23-6-2-1-3-7-23/h1-11,14-15,20,22,26-27H,12-13,16-18H2,(H,32,35)(H,33,36)(H,37,38)(H,39,40). The number of carboxylic acid groups (broad SMARTS) is 2. The number of aromatic carboxylic acids is 1. The Bertz CT molecular complexity index is 1630. The number of aliphatic carboxylic acids is 1. The molecule has 2 saturated heterocycles. The minimum Gasteiger partial charge on any atom is -0.480 e. The molecule has 3 aromatic carbocycles. The average molecular weight is 606 g/mol. The fourth-order valence-corrected chi connectivity index (χ4v) is 7.89. The van der Waals surface area contributed by atoms with Crippen LogP contribution in [0.3, 0.4) is 0 Å². The molecule has 1 aliphatic carbocycles. The first-order valence-corrected chi connectivity index (χ1v) is 15.3. The van der Waals surface area contributed by atoms with E-state index in [1.54, 1.807) is 48.5 Å². The van der Waals surface area contributed by atoms with Crippen LogP contribution in [0, 0.1) is 5.92 Å². The van der Waals surface area contributed by atoms with Crippen molar-refractivity contribution in [1.82, 2.24) is 9.62 Å². The molecule has 2 heterocycles. The number of nitrogens with zero attached hydrogens (tertiary/aromatic N) is 1. The van der Waals surface area contributed by atoms with Gasteiger partial charge in [-0.1, -0.05) is 42.5 Å². The summed E-state index contributed by atoms with van der Waals surface area (Å²) in [5.41, 5.74) is 0.769. The molecule has 11 nitrogen and oxygen atoms in total. The summed E-state index contributed by atoms with van der Waals surface area (Å²) in [7, 11) is -3.99. The van der Waals surface area contributed by atoms with Crippen LogP contribution in [0.2, 0.25) is 0 Å². The molecule has 0 radical (unpaired) electrons. The minimum atomic E-state index is -3.99. The SMILES string of the molecule is O=C(O)c1ccccc1C(=O)Nc1ccc(CC(NC(=O)C2C3CCC(CC3)N2S(=O)(=O)c2ccccc2)C(=O)O)cc1. The fourth-order valence-electron chi connectivity index (χ4n) is 5.98. The number of nitrogens with one attached hydrogen (secondary N) is 2. The third-order valence-electron chi connectivity index (χ3n) is 8.08. The second-order valence-corrected chi connectivity index (χ2v) is 12.6. The summed E-state index contributed by atoms with van der Waals surface area (Å²) in [6.07, 6.45) is 2.58. The van der Waals surface area contributed by atoms with Gasteiger partial charge in [0.15, 0.2) is 0 Å². The normalized spacial score (nSPS) is 20.6.